The topological polar surface area (TPSA) is 59.1 Å². The monoisotopic (exact) mass is 296 g/mol. The SMILES string of the molecule is NCC(c1ccc(Cl)cc1Cl)C(O)c1ccncc1. The van der Waals surface area contributed by atoms with E-state index < -0.39 is 6.10 Å². The number of rotatable bonds is 4. The van der Waals surface area contributed by atoms with Crippen molar-refractivity contribution >= 4 is 23.2 Å². The first-order chi connectivity index (χ1) is 9.13. The van der Waals surface area contributed by atoms with Crippen molar-refractivity contribution in [1.82, 2.24) is 4.98 Å². The fourth-order valence-corrected chi connectivity index (χ4v) is 2.57. The van der Waals surface area contributed by atoms with Gasteiger partial charge >= 0.3 is 0 Å². The summed E-state index contributed by atoms with van der Waals surface area (Å²) in [4.78, 5) is 3.93. The van der Waals surface area contributed by atoms with Crippen molar-refractivity contribution in [3.05, 3.63) is 63.9 Å². The predicted molar refractivity (Wildman–Crippen MR) is 77.5 cm³/mol. The van der Waals surface area contributed by atoms with E-state index in [1.54, 1.807) is 42.7 Å². The van der Waals surface area contributed by atoms with Crippen LogP contribution in [0.25, 0.3) is 0 Å². The molecule has 0 aliphatic rings. The Balaban J connectivity index is 2.34. The molecule has 0 aliphatic carbocycles. The number of halogens is 2. The van der Waals surface area contributed by atoms with E-state index >= 15 is 0 Å². The van der Waals surface area contributed by atoms with E-state index in [1.165, 1.54) is 0 Å². The Kier molecular flexibility index (Phi) is 4.77. The van der Waals surface area contributed by atoms with Gasteiger partial charge in [-0.1, -0.05) is 29.3 Å². The molecule has 1 aromatic carbocycles. The summed E-state index contributed by atoms with van der Waals surface area (Å²) in [5.41, 5.74) is 7.33. The van der Waals surface area contributed by atoms with Gasteiger partial charge in [0, 0.05) is 34.9 Å². The number of pyridine rings is 1. The number of nitrogens with zero attached hydrogens (tertiary/aromatic N) is 1. The Morgan fingerprint density at radius 1 is 1.16 bits per heavy atom. The maximum Gasteiger partial charge on any atom is 0.0872 e. The van der Waals surface area contributed by atoms with Crippen LogP contribution in [0.15, 0.2) is 42.7 Å². The van der Waals surface area contributed by atoms with Gasteiger partial charge in [0.2, 0.25) is 0 Å². The third-order valence-corrected chi connectivity index (χ3v) is 3.61. The molecule has 0 saturated heterocycles. The van der Waals surface area contributed by atoms with Crippen molar-refractivity contribution in [3.63, 3.8) is 0 Å². The Hall–Kier alpha value is -1.13. The van der Waals surface area contributed by atoms with Crippen molar-refractivity contribution < 1.29 is 5.11 Å². The highest BCUT2D eigenvalue weighted by atomic mass is 35.5. The molecule has 1 aromatic heterocycles. The number of hydrogen-bond acceptors (Lipinski definition) is 3. The summed E-state index contributed by atoms with van der Waals surface area (Å²) in [6.45, 7) is 0.283. The number of benzene rings is 1. The van der Waals surface area contributed by atoms with Crippen LogP contribution in [0.2, 0.25) is 10.0 Å². The van der Waals surface area contributed by atoms with Gasteiger partial charge in [-0.2, -0.15) is 0 Å². The van der Waals surface area contributed by atoms with E-state index in [0.717, 1.165) is 11.1 Å². The molecule has 0 amide bonds. The van der Waals surface area contributed by atoms with Crippen molar-refractivity contribution in [2.45, 2.75) is 12.0 Å². The minimum absolute atomic E-state index is 0.283. The summed E-state index contributed by atoms with van der Waals surface area (Å²) < 4.78 is 0. The van der Waals surface area contributed by atoms with Crippen molar-refractivity contribution in [1.29, 1.82) is 0 Å². The highest BCUT2D eigenvalue weighted by Gasteiger charge is 2.23. The number of aromatic nitrogens is 1. The van der Waals surface area contributed by atoms with E-state index in [0.29, 0.717) is 10.0 Å². The summed E-state index contributed by atoms with van der Waals surface area (Å²) in [6, 6.07) is 8.71. The number of aliphatic hydroxyl groups is 1. The van der Waals surface area contributed by atoms with Crippen LogP contribution in [0.3, 0.4) is 0 Å². The Morgan fingerprint density at radius 2 is 1.84 bits per heavy atom. The molecule has 2 rings (SSSR count). The van der Waals surface area contributed by atoms with Gasteiger partial charge in [-0.05, 0) is 35.4 Å². The molecule has 0 bridgehead atoms. The molecule has 100 valence electrons. The van der Waals surface area contributed by atoms with E-state index in [1.807, 2.05) is 0 Å². The lowest BCUT2D eigenvalue weighted by atomic mass is 9.89. The molecule has 2 aromatic rings. The highest BCUT2D eigenvalue weighted by molar-refractivity contribution is 6.35. The van der Waals surface area contributed by atoms with Crippen LogP contribution in [-0.2, 0) is 0 Å². The van der Waals surface area contributed by atoms with Crippen molar-refractivity contribution in [3.8, 4) is 0 Å². The molecule has 2 unspecified atom stereocenters. The molecule has 5 heteroatoms. The second-order valence-electron chi connectivity index (χ2n) is 4.23. The quantitative estimate of drug-likeness (QED) is 0.911. The molecule has 0 spiro atoms. The Morgan fingerprint density at radius 3 is 2.42 bits per heavy atom. The lowest BCUT2D eigenvalue weighted by Crippen LogP contribution is -2.20. The maximum absolute atomic E-state index is 10.4. The zero-order valence-corrected chi connectivity index (χ0v) is 11.6. The number of hydrogen-bond donors (Lipinski definition) is 2. The molecule has 3 N–H and O–H groups in total. The minimum atomic E-state index is -0.730. The van der Waals surface area contributed by atoms with Gasteiger partial charge < -0.3 is 10.8 Å². The Labute approximate surface area is 122 Å². The van der Waals surface area contributed by atoms with Gasteiger partial charge in [0.25, 0.3) is 0 Å². The first-order valence-corrected chi connectivity index (χ1v) is 6.62. The fraction of sp³-hybridized carbons (Fsp3) is 0.214. The molecule has 3 nitrogen and oxygen atoms in total. The molecule has 0 fully saturated rings. The average molecular weight is 297 g/mol. The summed E-state index contributed by atoms with van der Waals surface area (Å²) in [5.74, 6) is -0.285. The smallest absolute Gasteiger partial charge is 0.0872 e. The van der Waals surface area contributed by atoms with Crippen LogP contribution in [0.5, 0.6) is 0 Å². The minimum Gasteiger partial charge on any atom is -0.388 e. The summed E-state index contributed by atoms with van der Waals surface area (Å²) in [6.07, 6.45) is 2.54. The molecule has 2 atom stereocenters. The van der Waals surface area contributed by atoms with Crippen LogP contribution in [0.4, 0.5) is 0 Å². The maximum atomic E-state index is 10.4. The summed E-state index contributed by atoms with van der Waals surface area (Å²) in [7, 11) is 0. The predicted octanol–water partition coefficient (Wildman–Crippen LogP) is 3.16. The number of nitrogens with two attached hydrogens (primary N) is 1. The van der Waals surface area contributed by atoms with Gasteiger partial charge in [-0.25, -0.2) is 0 Å². The lowest BCUT2D eigenvalue weighted by molar-refractivity contribution is 0.147. The van der Waals surface area contributed by atoms with Crippen LogP contribution < -0.4 is 5.73 Å². The molecular weight excluding hydrogens is 283 g/mol. The molecule has 1 heterocycles. The van der Waals surface area contributed by atoms with Crippen LogP contribution in [0.1, 0.15) is 23.1 Å². The third-order valence-electron chi connectivity index (χ3n) is 3.04. The molecular formula is C14H14Cl2N2O. The molecule has 19 heavy (non-hydrogen) atoms. The molecule has 0 radical (unpaired) electrons. The second-order valence-corrected chi connectivity index (χ2v) is 5.08. The van der Waals surface area contributed by atoms with Crippen molar-refractivity contribution in [2.24, 2.45) is 5.73 Å². The largest absolute Gasteiger partial charge is 0.388 e. The first-order valence-electron chi connectivity index (χ1n) is 5.86. The summed E-state index contributed by atoms with van der Waals surface area (Å²) in [5, 5.41) is 11.5. The highest BCUT2D eigenvalue weighted by Crippen LogP contribution is 2.35. The molecule has 0 saturated carbocycles. The second kappa shape index (κ2) is 6.35. The normalized spacial score (nSPS) is 14.1. The van der Waals surface area contributed by atoms with Crippen LogP contribution in [0, 0.1) is 0 Å². The van der Waals surface area contributed by atoms with Gasteiger partial charge in [0.1, 0.15) is 0 Å². The van der Waals surface area contributed by atoms with E-state index in [-0.39, 0.29) is 12.5 Å². The standard InChI is InChI=1S/C14H14Cl2N2O/c15-10-1-2-11(13(16)7-10)12(8-17)14(19)9-3-5-18-6-4-9/h1-7,12,14,19H,8,17H2. The van der Waals surface area contributed by atoms with Gasteiger partial charge in [0.15, 0.2) is 0 Å². The lowest BCUT2D eigenvalue weighted by Gasteiger charge is -2.23. The third kappa shape index (κ3) is 3.25. The van der Waals surface area contributed by atoms with Crippen LogP contribution in [-0.4, -0.2) is 16.6 Å². The number of aliphatic hydroxyl groups excluding tert-OH is 1. The van der Waals surface area contributed by atoms with Crippen molar-refractivity contribution in [2.75, 3.05) is 6.54 Å². The fourth-order valence-electron chi connectivity index (χ4n) is 2.02. The Bertz CT molecular complexity index is 548. The van der Waals surface area contributed by atoms with Gasteiger partial charge in [-0.15, -0.1) is 0 Å². The zero-order valence-electron chi connectivity index (χ0n) is 10.1. The van der Waals surface area contributed by atoms with Gasteiger partial charge in [0.05, 0.1) is 6.10 Å². The molecule has 0 aliphatic heterocycles. The zero-order chi connectivity index (χ0) is 13.8. The van der Waals surface area contributed by atoms with Gasteiger partial charge in [-0.3, -0.25) is 4.98 Å². The van der Waals surface area contributed by atoms with E-state index in [9.17, 15) is 5.11 Å². The van der Waals surface area contributed by atoms with E-state index in [2.05, 4.69) is 4.98 Å². The summed E-state index contributed by atoms with van der Waals surface area (Å²) >= 11 is 12.0. The van der Waals surface area contributed by atoms with E-state index in [4.69, 9.17) is 28.9 Å². The first kappa shape index (κ1) is 14.3. The van der Waals surface area contributed by atoms with Crippen LogP contribution >= 0.6 is 23.2 Å². The average Bonchev–Trinajstić information content (AvgIpc) is 2.42.